The number of alkyl halides is 3. The molecule has 0 aliphatic carbocycles. The molecule has 27 heavy (non-hydrogen) atoms. The maximum Gasteiger partial charge on any atom is 0.418 e. The fourth-order valence-electron chi connectivity index (χ4n) is 2.56. The van der Waals surface area contributed by atoms with Crippen LogP contribution in [0.2, 0.25) is 0 Å². The van der Waals surface area contributed by atoms with Crippen LogP contribution in [0.25, 0.3) is 0 Å². The van der Waals surface area contributed by atoms with E-state index in [0.29, 0.717) is 12.4 Å². The average Bonchev–Trinajstić information content (AvgIpc) is 2.66. The molecule has 1 aromatic heterocycles. The Balaban J connectivity index is 1.59. The van der Waals surface area contributed by atoms with E-state index < -0.39 is 11.7 Å². The molecule has 0 unspecified atom stereocenters. The first-order valence-corrected chi connectivity index (χ1v) is 8.43. The topological polar surface area (TPSA) is 62.7 Å². The number of nitrogens with zero attached hydrogens (tertiary/aromatic N) is 3. The van der Waals surface area contributed by atoms with Crippen molar-refractivity contribution in [2.75, 3.05) is 17.2 Å². The second kappa shape index (κ2) is 8.48. The van der Waals surface area contributed by atoms with Crippen molar-refractivity contribution in [2.45, 2.75) is 19.0 Å². The second-order valence-electron chi connectivity index (χ2n) is 5.85. The van der Waals surface area contributed by atoms with Crippen LogP contribution in [-0.4, -0.2) is 21.7 Å². The summed E-state index contributed by atoms with van der Waals surface area (Å²) >= 11 is 0. The lowest BCUT2D eigenvalue weighted by Crippen LogP contribution is -2.11. The van der Waals surface area contributed by atoms with Gasteiger partial charge in [0.05, 0.1) is 17.4 Å². The van der Waals surface area contributed by atoms with Crippen molar-refractivity contribution in [2.24, 2.45) is 0 Å². The normalized spacial score (nSPS) is 11.2. The molecular formula is C19H18F3N5. The van der Waals surface area contributed by atoms with Crippen LogP contribution >= 0.6 is 0 Å². The lowest BCUT2D eigenvalue weighted by atomic mass is 10.1. The van der Waals surface area contributed by atoms with Crippen molar-refractivity contribution in [3.8, 4) is 0 Å². The van der Waals surface area contributed by atoms with Crippen LogP contribution in [0.3, 0.4) is 0 Å². The van der Waals surface area contributed by atoms with Gasteiger partial charge in [-0.2, -0.15) is 23.3 Å². The van der Waals surface area contributed by atoms with Crippen molar-refractivity contribution in [1.82, 2.24) is 15.2 Å². The molecule has 0 saturated heterocycles. The molecule has 1 heterocycles. The van der Waals surface area contributed by atoms with E-state index >= 15 is 0 Å². The summed E-state index contributed by atoms with van der Waals surface area (Å²) in [6, 6.07) is 15.3. The fraction of sp³-hybridized carbons (Fsp3) is 0.211. The third kappa shape index (κ3) is 5.40. The molecule has 0 bridgehead atoms. The highest BCUT2D eigenvalue weighted by Gasteiger charge is 2.33. The Morgan fingerprint density at radius 2 is 1.67 bits per heavy atom. The molecule has 3 aromatic rings. The SMILES string of the molecule is FC(F)(F)c1ccccc1Nc1nncc(NCCCc2ccccc2)n1. The van der Waals surface area contributed by atoms with Crippen molar-refractivity contribution in [3.05, 3.63) is 71.9 Å². The number of aromatic nitrogens is 3. The van der Waals surface area contributed by atoms with Gasteiger partial charge < -0.3 is 10.6 Å². The number of para-hydroxylation sites is 1. The molecule has 0 spiro atoms. The molecule has 2 aromatic carbocycles. The van der Waals surface area contributed by atoms with Crippen molar-refractivity contribution in [1.29, 1.82) is 0 Å². The summed E-state index contributed by atoms with van der Waals surface area (Å²) in [5, 5.41) is 13.2. The minimum atomic E-state index is -4.47. The lowest BCUT2D eigenvalue weighted by molar-refractivity contribution is -0.136. The quantitative estimate of drug-likeness (QED) is 0.589. The molecule has 0 aliphatic rings. The monoisotopic (exact) mass is 373 g/mol. The number of anilines is 3. The number of benzene rings is 2. The predicted molar refractivity (Wildman–Crippen MR) is 97.8 cm³/mol. The van der Waals surface area contributed by atoms with Gasteiger partial charge in [-0.15, -0.1) is 5.10 Å². The van der Waals surface area contributed by atoms with E-state index in [4.69, 9.17) is 0 Å². The van der Waals surface area contributed by atoms with E-state index in [1.54, 1.807) is 0 Å². The van der Waals surface area contributed by atoms with Gasteiger partial charge in [-0.3, -0.25) is 0 Å². The van der Waals surface area contributed by atoms with E-state index in [-0.39, 0.29) is 11.6 Å². The third-order valence-electron chi connectivity index (χ3n) is 3.83. The minimum absolute atomic E-state index is 0.000223. The summed E-state index contributed by atoms with van der Waals surface area (Å²) in [5.74, 6) is 0.449. The highest BCUT2D eigenvalue weighted by atomic mass is 19.4. The summed E-state index contributed by atoms with van der Waals surface area (Å²) in [6.45, 7) is 0.659. The van der Waals surface area contributed by atoms with Crippen LogP contribution in [0, 0.1) is 0 Å². The molecule has 0 atom stereocenters. The smallest absolute Gasteiger partial charge is 0.369 e. The standard InChI is InChI=1S/C19H18F3N5/c20-19(21,22)15-10-4-5-11-16(15)25-18-26-17(13-24-27-18)23-12-6-9-14-7-2-1-3-8-14/h1-5,7-8,10-11,13H,6,9,12H2,(H2,23,25,26,27). The third-order valence-corrected chi connectivity index (χ3v) is 3.83. The van der Waals surface area contributed by atoms with Crippen LogP contribution in [0.15, 0.2) is 60.8 Å². The summed E-state index contributed by atoms with van der Waals surface area (Å²) in [6.07, 6.45) is -1.24. The molecule has 0 amide bonds. The predicted octanol–water partition coefficient (Wildman–Crippen LogP) is 4.68. The fourth-order valence-corrected chi connectivity index (χ4v) is 2.56. The van der Waals surface area contributed by atoms with Crippen molar-refractivity contribution >= 4 is 17.5 Å². The van der Waals surface area contributed by atoms with Crippen LogP contribution < -0.4 is 10.6 Å². The average molecular weight is 373 g/mol. The van der Waals surface area contributed by atoms with Gasteiger partial charge in [0, 0.05) is 6.54 Å². The second-order valence-corrected chi connectivity index (χ2v) is 5.85. The Kier molecular flexibility index (Phi) is 5.85. The van der Waals surface area contributed by atoms with Gasteiger partial charge in [0.25, 0.3) is 0 Å². The first kappa shape index (κ1) is 18.6. The van der Waals surface area contributed by atoms with Crippen molar-refractivity contribution < 1.29 is 13.2 Å². The minimum Gasteiger partial charge on any atom is -0.369 e. The van der Waals surface area contributed by atoms with Gasteiger partial charge in [-0.1, -0.05) is 42.5 Å². The molecule has 140 valence electrons. The zero-order chi connectivity index (χ0) is 19.1. The maximum absolute atomic E-state index is 13.1. The van der Waals surface area contributed by atoms with Crippen LogP contribution in [-0.2, 0) is 12.6 Å². The Morgan fingerprint density at radius 1 is 0.926 bits per heavy atom. The molecule has 0 radical (unpaired) electrons. The zero-order valence-corrected chi connectivity index (χ0v) is 14.4. The number of nitrogens with one attached hydrogen (secondary N) is 2. The molecule has 5 nitrogen and oxygen atoms in total. The summed E-state index contributed by atoms with van der Waals surface area (Å²) in [7, 11) is 0. The molecule has 2 N–H and O–H groups in total. The molecule has 3 rings (SSSR count). The number of rotatable bonds is 7. The van der Waals surface area contributed by atoms with E-state index in [9.17, 15) is 13.2 Å². The molecule has 0 saturated carbocycles. The van der Waals surface area contributed by atoms with E-state index in [1.807, 2.05) is 18.2 Å². The Hall–Kier alpha value is -3.16. The van der Waals surface area contributed by atoms with E-state index in [1.165, 1.54) is 30.0 Å². The molecule has 0 aliphatic heterocycles. The van der Waals surface area contributed by atoms with Gasteiger partial charge in [-0.25, -0.2) is 0 Å². The molecule has 8 heteroatoms. The highest BCUT2D eigenvalue weighted by molar-refractivity contribution is 5.59. The van der Waals surface area contributed by atoms with Gasteiger partial charge in [0.1, 0.15) is 0 Å². The number of hydrogen-bond acceptors (Lipinski definition) is 5. The summed E-state index contributed by atoms with van der Waals surface area (Å²) in [5.41, 5.74) is 0.342. The lowest BCUT2D eigenvalue weighted by Gasteiger charge is -2.13. The Morgan fingerprint density at radius 3 is 2.44 bits per heavy atom. The molecule has 0 fully saturated rings. The maximum atomic E-state index is 13.1. The first-order valence-electron chi connectivity index (χ1n) is 8.43. The van der Waals surface area contributed by atoms with Gasteiger partial charge >= 0.3 is 6.18 Å². The van der Waals surface area contributed by atoms with Crippen molar-refractivity contribution in [3.63, 3.8) is 0 Å². The Labute approximate surface area is 154 Å². The first-order chi connectivity index (χ1) is 13.0. The highest BCUT2D eigenvalue weighted by Crippen LogP contribution is 2.35. The van der Waals surface area contributed by atoms with Crippen LogP contribution in [0.4, 0.5) is 30.6 Å². The Bertz CT molecular complexity index is 868. The number of hydrogen-bond donors (Lipinski definition) is 2. The largest absolute Gasteiger partial charge is 0.418 e. The van der Waals surface area contributed by atoms with Gasteiger partial charge in [-0.05, 0) is 30.5 Å². The molecular weight excluding hydrogens is 355 g/mol. The van der Waals surface area contributed by atoms with Gasteiger partial charge in [0.2, 0.25) is 5.95 Å². The number of halogens is 3. The summed E-state index contributed by atoms with van der Waals surface area (Å²) in [4.78, 5) is 4.17. The van der Waals surface area contributed by atoms with Crippen LogP contribution in [0.5, 0.6) is 0 Å². The summed E-state index contributed by atoms with van der Waals surface area (Å²) < 4.78 is 39.2. The zero-order valence-electron chi connectivity index (χ0n) is 14.4. The van der Waals surface area contributed by atoms with E-state index in [2.05, 4.69) is 37.9 Å². The number of aryl methyl sites for hydroxylation is 1. The van der Waals surface area contributed by atoms with Gasteiger partial charge in [0.15, 0.2) is 5.82 Å². The van der Waals surface area contributed by atoms with E-state index in [0.717, 1.165) is 18.9 Å². The van der Waals surface area contributed by atoms with Crippen LogP contribution in [0.1, 0.15) is 17.5 Å².